The van der Waals surface area contributed by atoms with Gasteiger partial charge in [0.1, 0.15) is 0 Å². The van der Waals surface area contributed by atoms with Crippen LogP contribution in [0.5, 0.6) is 0 Å². The van der Waals surface area contributed by atoms with Crippen LogP contribution in [0.2, 0.25) is 5.02 Å². The van der Waals surface area contributed by atoms with Gasteiger partial charge in [-0.3, -0.25) is 4.68 Å². The van der Waals surface area contributed by atoms with Crippen LogP contribution in [0.15, 0.2) is 0 Å². The highest BCUT2D eigenvalue weighted by Crippen LogP contribution is 2.23. The zero-order valence-electron chi connectivity index (χ0n) is 11.4. The monoisotopic (exact) mass is 290 g/mol. The predicted octanol–water partition coefficient (Wildman–Crippen LogP) is 3.17. The number of aryl methyl sites for hydroxylation is 2. The van der Waals surface area contributed by atoms with Crippen molar-refractivity contribution in [1.82, 2.24) is 9.78 Å². The Morgan fingerprint density at radius 1 is 1.44 bits per heavy atom. The van der Waals surface area contributed by atoms with E-state index >= 15 is 0 Å². The normalized spacial score (nSPS) is 12.9. The van der Waals surface area contributed by atoms with Crippen molar-refractivity contribution in [3.63, 3.8) is 0 Å². The Bertz CT molecular complexity index is 368. The lowest BCUT2D eigenvalue weighted by Crippen LogP contribution is -2.14. The molecular formula is C13H23ClN2OS. The van der Waals surface area contributed by atoms with Gasteiger partial charge in [-0.25, -0.2) is 0 Å². The van der Waals surface area contributed by atoms with Crippen LogP contribution in [0.4, 0.5) is 0 Å². The molecule has 18 heavy (non-hydrogen) atoms. The van der Waals surface area contributed by atoms with Gasteiger partial charge in [0, 0.05) is 13.0 Å². The summed E-state index contributed by atoms with van der Waals surface area (Å²) >= 11 is 8.13. The molecule has 0 saturated carbocycles. The van der Waals surface area contributed by atoms with Gasteiger partial charge in [0.05, 0.1) is 22.5 Å². The van der Waals surface area contributed by atoms with Crippen molar-refractivity contribution in [2.75, 3.05) is 12.0 Å². The summed E-state index contributed by atoms with van der Waals surface area (Å²) < 4.78 is 1.92. The zero-order chi connectivity index (χ0) is 13.5. The Kier molecular flexibility index (Phi) is 7.12. The van der Waals surface area contributed by atoms with E-state index in [1.54, 1.807) is 0 Å². The van der Waals surface area contributed by atoms with Crippen LogP contribution >= 0.6 is 23.4 Å². The number of aliphatic hydroxyl groups excluding tert-OH is 1. The fraction of sp³-hybridized carbons (Fsp3) is 0.769. The van der Waals surface area contributed by atoms with Crippen molar-refractivity contribution in [2.24, 2.45) is 0 Å². The summed E-state index contributed by atoms with van der Waals surface area (Å²) in [5.74, 6) is 1.10. The summed E-state index contributed by atoms with van der Waals surface area (Å²) in [6, 6.07) is 0. The van der Waals surface area contributed by atoms with E-state index in [4.69, 9.17) is 11.6 Å². The van der Waals surface area contributed by atoms with Crippen LogP contribution in [0.3, 0.4) is 0 Å². The molecule has 0 amide bonds. The van der Waals surface area contributed by atoms with E-state index in [2.05, 4.69) is 11.4 Å². The molecule has 1 heterocycles. The summed E-state index contributed by atoms with van der Waals surface area (Å²) in [6.45, 7) is 4.89. The maximum absolute atomic E-state index is 10.0. The highest BCUT2D eigenvalue weighted by Gasteiger charge is 2.17. The smallest absolute Gasteiger partial charge is 0.0850 e. The molecule has 1 atom stereocenters. The van der Waals surface area contributed by atoms with Gasteiger partial charge in [-0.2, -0.15) is 16.9 Å². The number of aromatic nitrogens is 2. The number of halogens is 1. The second kappa shape index (κ2) is 8.08. The van der Waals surface area contributed by atoms with Crippen LogP contribution in [0.25, 0.3) is 0 Å². The van der Waals surface area contributed by atoms with Crippen molar-refractivity contribution in [3.8, 4) is 0 Å². The zero-order valence-corrected chi connectivity index (χ0v) is 13.0. The average Bonchev–Trinajstić information content (AvgIpc) is 2.66. The third kappa shape index (κ3) is 4.18. The van der Waals surface area contributed by atoms with Gasteiger partial charge in [0.25, 0.3) is 0 Å². The van der Waals surface area contributed by atoms with E-state index in [-0.39, 0.29) is 6.10 Å². The third-order valence-corrected chi connectivity index (χ3v) is 4.14. The molecule has 3 nitrogen and oxygen atoms in total. The Hall–Kier alpha value is -0.190. The van der Waals surface area contributed by atoms with Crippen LogP contribution in [-0.2, 0) is 19.4 Å². The van der Waals surface area contributed by atoms with E-state index < -0.39 is 0 Å². The lowest BCUT2D eigenvalue weighted by molar-refractivity contribution is 0.161. The van der Waals surface area contributed by atoms with Gasteiger partial charge in [-0.1, -0.05) is 18.5 Å². The molecule has 1 aromatic rings. The summed E-state index contributed by atoms with van der Waals surface area (Å²) in [7, 11) is 0. The predicted molar refractivity (Wildman–Crippen MR) is 79.6 cm³/mol. The molecule has 0 fully saturated rings. The Morgan fingerprint density at radius 3 is 2.72 bits per heavy atom. The maximum atomic E-state index is 10.0. The van der Waals surface area contributed by atoms with E-state index in [1.807, 2.05) is 30.3 Å². The average molecular weight is 291 g/mol. The molecule has 0 aliphatic carbocycles. The molecule has 1 unspecified atom stereocenters. The molecule has 0 aliphatic heterocycles. The molecule has 0 aromatic carbocycles. The summed E-state index contributed by atoms with van der Waals surface area (Å²) in [4.78, 5) is 0. The van der Waals surface area contributed by atoms with Gasteiger partial charge in [-0.05, 0) is 38.2 Å². The SMILES string of the molecule is CCc1nn(CC)c(CC(O)CCCSC)c1Cl. The number of thioether (sulfide) groups is 1. The minimum atomic E-state index is -0.318. The van der Waals surface area contributed by atoms with Crippen LogP contribution < -0.4 is 0 Å². The van der Waals surface area contributed by atoms with Crippen molar-refractivity contribution in [1.29, 1.82) is 0 Å². The minimum absolute atomic E-state index is 0.318. The quantitative estimate of drug-likeness (QED) is 0.748. The molecule has 1 aromatic heterocycles. The first kappa shape index (κ1) is 15.9. The minimum Gasteiger partial charge on any atom is -0.393 e. The molecule has 104 valence electrons. The van der Waals surface area contributed by atoms with Gasteiger partial charge >= 0.3 is 0 Å². The van der Waals surface area contributed by atoms with Crippen molar-refractivity contribution in [3.05, 3.63) is 16.4 Å². The highest BCUT2D eigenvalue weighted by atomic mass is 35.5. The first-order chi connectivity index (χ1) is 8.63. The topological polar surface area (TPSA) is 38.0 Å². The number of hydrogen-bond acceptors (Lipinski definition) is 3. The summed E-state index contributed by atoms with van der Waals surface area (Å²) in [6.07, 6.45) is 5.08. The van der Waals surface area contributed by atoms with Gasteiger partial charge < -0.3 is 5.11 Å². The first-order valence-corrected chi connectivity index (χ1v) is 8.32. The van der Waals surface area contributed by atoms with Crippen LogP contribution in [0, 0.1) is 0 Å². The lowest BCUT2D eigenvalue weighted by atomic mass is 10.1. The van der Waals surface area contributed by atoms with E-state index in [1.165, 1.54) is 0 Å². The highest BCUT2D eigenvalue weighted by molar-refractivity contribution is 7.98. The summed E-state index contributed by atoms with van der Waals surface area (Å²) in [5, 5.41) is 15.3. The van der Waals surface area contributed by atoms with Crippen molar-refractivity contribution >= 4 is 23.4 Å². The number of nitrogens with zero attached hydrogens (tertiary/aromatic N) is 2. The fourth-order valence-corrected chi connectivity index (χ4v) is 2.80. The molecular weight excluding hydrogens is 268 g/mol. The second-order valence-electron chi connectivity index (χ2n) is 4.37. The molecule has 0 bridgehead atoms. The Labute approximate surface area is 119 Å². The molecule has 5 heteroatoms. The van der Waals surface area contributed by atoms with E-state index in [9.17, 15) is 5.11 Å². The van der Waals surface area contributed by atoms with E-state index in [0.29, 0.717) is 6.42 Å². The maximum Gasteiger partial charge on any atom is 0.0850 e. The van der Waals surface area contributed by atoms with Gasteiger partial charge in [-0.15, -0.1) is 0 Å². The van der Waals surface area contributed by atoms with Crippen LogP contribution in [0.1, 0.15) is 38.1 Å². The van der Waals surface area contributed by atoms with Crippen molar-refractivity contribution < 1.29 is 5.11 Å². The number of rotatable bonds is 8. The standard InChI is InChI=1S/C13H23ClN2OS/c1-4-11-13(14)12(16(5-2)15-11)9-10(17)7-6-8-18-3/h10,17H,4-9H2,1-3H3. The molecule has 0 spiro atoms. The summed E-state index contributed by atoms with van der Waals surface area (Å²) in [5.41, 5.74) is 1.91. The largest absolute Gasteiger partial charge is 0.393 e. The molecule has 0 radical (unpaired) electrons. The third-order valence-electron chi connectivity index (χ3n) is 3.01. The number of hydrogen-bond donors (Lipinski definition) is 1. The second-order valence-corrected chi connectivity index (χ2v) is 5.73. The van der Waals surface area contributed by atoms with Gasteiger partial charge in [0.15, 0.2) is 0 Å². The van der Waals surface area contributed by atoms with Crippen LogP contribution in [-0.4, -0.2) is 33.0 Å². The number of aliphatic hydroxyl groups is 1. The lowest BCUT2D eigenvalue weighted by Gasteiger charge is -2.11. The van der Waals surface area contributed by atoms with E-state index in [0.717, 1.165) is 48.0 Å². The fourth-order valence-electron chi connectivity index (χ4n) is 2.00. The van der Waals surface area contributed by atoms with Crippen molar-refractivity contribution in [2.45, 2.75) is 52.2 Å². The molecule has 1 rings (SSSR count). The molecule has 0 aliphatic rings. The first-order valence-electron chi connectivity index (χ1n) is 6.55. The van der Waals surface area contributed by atoms with Gasteiger partial charge in [0.2, 0.25) is 0 Å². The molecule has 1 N–H and O–H groups in total. The Balaban J connectivity index is 2.67. The molecule has 0 saturated heterocycles. The Morgan fingerprint density at radius 2 is 2.17 bits per heavy atom.